The Hall–Kier alpha value is -3.39. The van der Waals surface area contributed by atoms with Crippen LogP contribution in [0.1, 0.15) is 10.4 Å². The lowest BCUT2D eigenvalue weighted by Gasteiger charge is -2.06. The molecule has 0 aliphatic rings. The number of nitrogens with one attached hydrogen (secondary N) is 2. The van der Waals surface area contributed by atoms with E-state index in [1.54, 1.807) is 54.6 Å². The number of ether oxygens (including phenoxy) is 1. The molecule has 0 bridgehead atoms. The Balaban J connectivity index is 1.49. The minimum atomic E-state index is -0.591. The highest BCUT2D eigenvalue weighted by molar-refractivity contribution is 6.33. The molecule has 2 N–H and O–H groups in total. The molecule has 0 fully saturated rings. The summed E-state index contributed by atoms with van der Waals surface area (Å²) in [5.41, 5.74) is 5.48. The largest absolute Gasteiger partial charge is 0.439 e. The number of benzene rings is 2. The van der Waals surface area contributed by atoms with Gasteiger partial charge in [0.1, 0.15) is 0 Å². The van der Waals surface area contributed by atoms with Gasteiger partial charge < -0.3 is 4.74 Å². The second-order valence-electron chi connectivity index (χ2n) is 5.02. The summed E-state index contributed by atoms with van der Waals surface area (Å²) in [5.74, 6) is -0.798. The first-order chi connectivity index (χ1) is 12.6. The molecule has 0 unspecified atom stereocenters. The average molecular weight is 373 g/mol. The molecular formula is C17H13ClN4O4. The molecule has 0 saturated carbocycles. The third-order valence-electron chi connectivity index (χ3n) is 3.20. The molecule has 0 atom stereocenters. The van der Waals surface area contributed by atoms with Crippen molar-refractivity contribution < 1.29 is 18.8 Å². The average Bonchev–Trinajstić information content (AvgIpc) is 3.14. The van der Waals surface area contributed by atoms with E-state index < -0.39 is 18.4 Å². The summed E-state index contributed by atoms with van der Waals surface area (Å²) in [6.45, 7) is -0.417. The number of carbonyl (C=O) groups is 2. The number of carbonyl (C=O) groups excluding carboxylic acids is 2. The van der Waals surface area contributed by atoms with Gasteiger partial charge >= 0.3 is 6.08 Å². The van der Waals surface area contributed by atoms with Crippen molar-refractivity contribution in [3.8, 4) is 17.5 Å². The number of amides is 2. The predicted octanol–water partition coefficient (Wildman–Crippen LogP) is 2.23. The molecule has 0 saturated heterocycles. The van der Waals surface area contributed by atoms with Crippen LogP contribution in [-0.4, -0.2) is 28.6 Å². The van der Waals surface area contributed by atoms with Gasteiger partial charge in [-0.1, -0.05) is 47.1 Å². The highest BCUT2D eigenvalue weighted by atomic mass is 35.5. The topological polar surface area (TPSA) is 106 Å². The standard InChI is InChI=1S/C17H13ClN4O4/c18-13-9-5-4-8-12(13)15-19-17(26-22-15)25-10-14(23)20-21-16(24)11-6-2-1-3-7-11/h1-9H,10H2,(H,20,23)(H,21,24). The quantitative estimate of drug-likeness (QED) is 0.665. The highest BCUT2D eigenvalue weighted by Gasteiger charge is 2.14. The molecule has 0 aliphatic carbocycles. The van der Waals surface area contributed by atoms with E-state index >= 15 is 0 Å². The van der Waals surface area contributed by atoms with E-state index in [1.807, 2.05) is 0 Å². The maximum Gasteiger partial charge on any atom is 0.418 e. The molecule has 9 heteroatoms. The van der Waals surface area contributed by atoms with E-state index in [0.29, 0.717) is 16.1 Å². The molecule has 0 radical (unpaired) electrons. The van der Waals surface area contributed by atoms with E-state index in [-0.39, 0.29) is 11.9 Å². The molecule has 3 rings (SSSR count). The van der Waals surface area contributed by atoms with Crippen LogP contribution in [0.3, 0.4) is 0 Å². The molecule has 8 nitrogen and oxygen atoms in total. The Morgan fingerprint density at radius 1 is 1.04 bits per heavy atom. The lowest BCUT2D eigenvalue weighted by molar-refractivity contribution is -0.124. The Labute approximate surface area is 153 Å². The molecule has 0 spiro atoms. The maximum absolute atomic E-state index is 11.8. The van der Waals surface area contributed by atoms with Crippen molar-refractivity contribution in [2.24, 2.45) is 0 Å². The summed E-state index contributed by atoms with van der Waals surface area (Å²) in [7, 11) is 0. The number of hydrazine groups is 1. The highest BCUT2D eigenvalue weighted by Crippen LogP contribution is 2.26. The van der Waals surface area contributed by atoms with Gasteiger partial charge in [-0.25, -0.2) is 0 Å². The number of nitrogens with zero attached hydrogens (tertiary/aromatic N) is 2. The van der Waals surface area contributed by atoms with Crippen molar-refractivity contribution in [1.29, 1.82) is 0 Å². The van der Waals surface area contributed by atoms with Gasteiger partial charge in [0.05, 0.1) is 5.02 Å². The number of hydrogen-bond acceptors (Lipinski definition) is 6. The van der Waals surface area contributed by atoms with E-state index in [1.165, 1.54) is 0 Å². The lowest BCUT2D eigenvalue weighted by Crippen LogP contribution is -2.43. The Morgan fingerprint density at radius 3 is 2.54 bits per heavy atom. The molecular weight excluding hydrogens is 360 g/mol. The van der Waals surface area contributed by atoms with Crippen LogP contribution in [0.4, 0.5) is 0 Å². The van der Waals surface area contributed by atoms with Gasteiger partial charge in [0.2, 0.25) is 5.82 Å². The van der Waals surface area contributed by atoms with E-state index in [4.69, 9.17) is 20.9 Å². The Morgan fingerprint density at radius 2 is 1.77 bits per heavy atom. The van der Waals surface area contributed by atoms with Crippen LogP contribution >= 0.6 is 11.6 Å². The minimum Gasteiger partial charge on any atom is -0.439 e. The molecule has 2 aromatic carbocycles. The van der Waals surface area contributed by atoms with Gasteiger partial charge in [0.15, 0.2) is 6.61 Å². The first-order valence-corrected chi connectivity index (χ1v) is 7.87. The van der Waals surface area contributed by atoms with Gasteiger partial charge in [0, 0.05) is 11.1 Å². The van der Waals surface area contributed by atoms with E-state index in [2.05, 4.69) is 21.0 Å². The van der Waals surface area contributed by atoms with E-state index in [0.717, 1.165) is 0 Å². The molecule has 2 amide bonds. The molecule has 132 valence electrons. The summed E-state index contributed by atoms with van der Waals surface area (Å²) in [6, 6.07) is 15.4. The maximum atomic E-state index is 11.8. The zero-order valence-corrected chi connectivity index (χ0v) is 14.1. The normalized spacial score (nSPS) is 10.2. The second kappa shape index (κ2) is 8.13. The van der Waals surface area contributed by atoms with Crippen LogP contribution in [0.15, 0.2) is 59.1 Å². The SMILES string of the molecule is O=C(COc1nc(-c2ccccc2Cl)no1)NNC(=O)c1ccccc1. The fourth-order valence-electron chi connectivity index (χ4n) is 1.97. The van der Waals surface area contributed by atoms with Gasteiger partial charge in [-0.3, -0.25) is 25.0 Å². The fraction of sp³-hybridized carbons (Fsp3) is 0.0588. The third-order valence-corrected chi connectivity index (χ3v) is 3.53. The second-order valence-corrected chi connectivity index (χ2v) is 5.43. The number of rotatable bonds is 5. The van der Waals surface area contributed by atoms with Crippen molar-refractivity contribution in [3.63, 3.8) is 0 Å². The summed E-state index contributed by atoms with van der Waals surface area (Å²) in [5, 5.41) is 4.20. The fourth-order valence-corrected chi connectivity index (χ4v) is 2.19. The monoisotopic (exact) mass is 372 g/mol. The van der Waals surface area contributed by atoms with Crippen molar-refractivity contribution in [2.45, 2.75) is 0 Å². The number of hydrogen-bond donors (Lipinski definition) is 2. The number of halogens is 1. The van der Waals surface area contributed by atoms with Crippen LogP contribution in [0, 0.1) is 0 Å². The molecule has 0 aliphatic heterocycles. The third kappa shape index (κ3) is 4.37. The summed E-state index contributed by atoms with van der Waals surface area (Å²) in [4.78, 5) is 27.5. The van der Waals surface area contributed by atoms with Crippen LogP contribution in [0.5, 0.6) is 6.08 Å². The summed E-state index contributed by atoms with van der Waals surface area (Å²) >= 11 is 6.05. The van der Waals surface area contributed by atoms with Crippen molar-refractivity contribution in [1.82, 2.24) is 21.0 Å². The van der Waals surface area contributed by atoms with Crippen molar-refractivity contribution in [3.05, 3.63) is 65.2 Å². The molecule has 3 aromatic rings. The molecule has 26 heavy (non-hydrogen) atoms. The zero-order valence-electron chi connectivity index (χ0n) is 13.3. The van der Waals surface area contributed by atoms with Crippen molar-refractivity contribution in [2.75, 3.05) is 6.61 Å². The number of aromatic nitrogens is 2. The first kappa shape index (κ1) is 17.4. The van der Waals surface area contributed by atoms with Crippen molar-refractivity contribution >= 4 is 23.4 Å². The van der Waals surface area contributed by atoms with Crippen LogP contribution in [0.2, 0.25) is 5.02 Å². The Bertz CT molecular complexity index is 914. The van der Waals surface area contributed by atoms with Crippen LogP contribution < -0.4 is 15.6 Å². The lowest BCUT2D eigenvalue weighted by atomic mass is 10.2. The zero-order chi connectivity index (χ0) is 18.4. The Kier molecular flexibility index (Phi) is 5.45. The van der Waals surface area contributed by atoms with Gasteiger partial charge in [-0.05, 0) is 24.3 Å². The smallest absolute Gasteiger partial charge is 0.418 e. The first-order valence-electron chi connectivity index (χ1n) is 7.49. The predicted molar refractivity (Wildman–Crippen MR) is 92.3 cm³/mol. The minimum absolute atomic E-state index is 0.190. The van der Waals surface area contributed by atoms with Gasteiger partial charge in [-0.2, -0.15) is 4.98 Å². The van der Waals surface area contributed by atoms with Crippen LogP contribution in [0.25, 0.3) is 11.4 Å². The summed E-state index contributed by atoms with van der Waals surface area (Å²) < 4.78 is 10.0. The van der Waals surface area contributed by atoms with E-state index in [9.17, 15) is 9.59 Å². The van der Waals surface area contributed by atoms with Gasteiger partial charge in [0.25, 0.3) is 11.8 Å². The molecule has 1 heterocycles. The van der Waals surface area contributed by atoms with Gasteiger partial charge in [-0.15, -0.1) is 0 Å². The molecule has 1 aromatic heterocycles. The summed E-state index contributed by atoms with van der Waals surface area (Å²) in [6.07, 6.45) is -0.190. The van der Waals surface area contributed by atoms with Crippen LogP contribution in [-0.2, 0) is 4.79 Å².